The molecule has 0 bridgehead atoms. The van der Waals surface area contributed by atoms with E-state index < -0.39 is 5.63 Å². The first-order valence-electron chi connectivity index (χ1n) is 5.07. The first-order valence-corrected chi connectivity index (χ1v) is 5.86. The van der Waals surface area contributed by atoms with Crippen LogP contribution in [0.2, 0.25) is 0 Å². The minimum Gasteiger partial charge on any atom is -0.497 e. The fourth-order valence-electron chi connectivity index (χ4n) is 1.71. The van der Waals surface area contributed by atoms with Crippen molar-refractivity contribution in [3.63, 3.8) is 0 Å². The predicted molar refractivity (Wildman–Crippen MR) is 67.5 cm³/mol. The van der Waals surface area contributed by atoms with Crippen LogP contribution in [0.5, 0.6) is 5.75 Å². The van der Waals surface area contributed by atoms with Crippen LogP contribution in [-0.4, -0.2) is 18.8 Å². The molecule has 0 aliphatic carbocycles. The van der Waals surface area contributed by atoms with Gasteiger partial charge < -0.3 is 14.3 Å². The molecule has 0 aliphatic heterocycles. The van der Waals surface area contributed by atoms with Crippen molar-refractivity contribution in [1.82, 2.24) is 0 Å². The zero-order valence-electron chi connectivity index (χ0n) is 9.20. The molecule has 1 aromatic heterocycles. The van der Waals surface area contributed by atoms with Gasteiger partial charge in [-0.1, -0.05) is 0 Å². The molecule has 0 saturated carbocycles. The Labute approximate surface area is 106 Å². The molecule has 90 valence electrons. The van der Waals surface area contributed by atoms with E-state index in [1.165, 1.54) is 0 Å². The standard InChI is InChI=1S/C12H11BrO4/c1-16-7-2-3-8-9(4-5-14)11(13)12(15)17-10(8)6-7/h2-3,6,14H,4-5H2,1H3. The average molecular weight is 299 g/mol. The number of methoxy groups -OCH3 is 1. The highest BCUT2D eigenvalue weighted by atomic mass is 79.9. The summed E-state index contributed by atoms with van der Waals surface area (Å²) in [5.41, 5.74) is 0.761. The number of aliphatic hydroxyl groups is 1. The third-order valence-electron chi connectivity index (χ3n) is 2.52. The van der Waals surface area contributed by atoms with Gasteiger partial charge in [-0.25, -0.2) is 4.79 Å². The number of fused-ring (bicyclic) bond motifs is 1. The Morgan fingerprint density at radius 3 is 2.88 bits per heavy atom. The normalized spacial score (nSPS) is 10.8. The Morgan fingerprint density at radius 2 is 2.24 bits per heavy atom. The summed E-state index contributed by atoms with van der Waals surface area (Å²) >= 11 is 3.19. The lowest BCUT2D eigenvalue weighted by Gasteiger charge is -2.07. The van der Waals surface area contributed by atoms with E-state index in [-0.39, 0.29) is 6.61 Å². The van der Waals surface area contributed by atoms with Gasteiger partial charge in [0.05, 0.1) is 7.11 Å². The lowest BCUT2D eigenvalue weighted by Crippen LogP contribution is -2.06. The lowest BCUT2D eigenvalue weighted by molar-refractivity contribution is 0.299. The van der Waals surface area contributed by atoms with Crippen LogP contribution in [-0.2, 0) is 6.42 Å². The monoisotopic (exact) mass is 298 g/mol. The van der Waals surface area contributed by atoms with Gasteiger partial charge in [0.25, 0.3) is 0 Å². The number of hydrogen-bond donors (Lipinski definition) is 1. The molecule has 5 heteroatoms. The summed E-state index contributed by atoms with van der Waals surface area (Å²) in [4.78, 5) is 11.6. The molecule has 4 nitrogen and oxygen atoms in total. The van der Waals surface area contributed by atoms with Crippen molar-refractivity contribution < 1.29 is 14.3 Å². The van der Waals surface area contributed by atoms with Gasteiger partial charge in [-0.2, -0.15) is 0 Å². The van der Waals surface area contributed by atoms with Crippen molar-refractivity contribution in [1.29, 1.82) is 0 Å². The van der Waals surface area contributed by atoms with Crippen molar-refractivity contribution in [2.75, 3.05) is 13.7 Å². The Hall–Kier alpha value is -1.33. The quantitative estimate of drug-likeness (QED) is 0.882. The van der Waals surface area contributed by atoms with E-state index in [0.29, 0.717) is 22.2 Å². The van der Waals surface area contributed by atoms with Crippen LogP contribution in [0, 0.1) is 0 Å². The van der Waals surface area contributed by atoms with E-state index in [0.717, 1.165) is 10.9 Å². The van der Waals surface area contributed by atoms with E-state index >= 15 is 0 Å². The summed E-state index contributed by atoms with van der Waals surface area (Å²) in [6.45, 7) is -0.0246. The molecule has 17 heavy (non-hydrogen) atoms. The molecule has 0 radical (unpaired) electrons. The predicted octanol–water partition coefficient (Wildman–Crippen LogP) is 2.10. The highest BCUT2D eigenvalue weighted by Gasteiger charge is 2.12. The molecular formula is C12H11BrO4. The van der Waals surface area contributed by atoms with Gasteiger partial charge in [-0.15, -0.1) is 0 Å². The molecule has 2 aromatic rings. The second kappa shape index (κ2) is 4.89. The maximum absolute atomic E-state index is 11.6. The van der Waals surface area contributed by atoms with Gasteiger partial charge >= 0.3 is 5.63 Å². The van der Waals surface area contributed by atoms with Crippen molar-refractivity contribution in [2.24, 2.45) is 0 Å². The second-order valence-electron chi connectivity index (χ2n) is 3.52. The maximum Gasteiger partial charge on any atom is 0.350 e. The van der Waals surface area contributed by atoms with Crippen molar-refractivity contribution in [3.05, 3.63) is 38.7 Å². The summed E-state index contributed by atoms with van der Waals surface area (Å²) in [5, 5.41) is 9.81. The average Bonchev–Trinajstić information content (AvgIpc) is 2.34. The summed E-state index contributed by atoms with van der Waals surface area (Å²) in [5.74, 6) is 0.623. The molecule has 0 amide bonds. The summed E-state index contributed by atoms with van der Waals surface area (Å²) in [7, 11) is 1.55. The zero-order chi connectivity index (χ0) is 12.4. The number of halogens is 1. The molecule has 0 atom stereocenters. The molecule has 0 saturated heterocycles. The minimum absolute atomic E-state index is 0.0246. The van der Waals surface area contributed by atoms with E-state index in [9.17, 15) is 4.79 Å². The zero-order valence-corrected chi connectivity index (χ0v) is 10.8. The van der Waals surface area contributed by atoms with Crippen LogP contribution >= 0.6 is 15.9 Å². The van der Waals surface area contributed by atoms with Crippen molar-refractivity contribution in [3.8, 4) is 5.75 Å². The molecule has 0 spiro atoms. The molecule has 0 unspecified atom stereocenters. The molecule has 1 N–H and O–H groups in total. The fourth-order valence-corrected chi connectivity index (χ4v) is 2.20. The van der Waals surface area contributed by atoms with Gasteiger partial charge in [0.15, 0.2) is 0 Å². The van der Waals surface area contributed by atoms with Crippen LogP contribution in [0.25, 0.3) is 11.0 Å². The van der Waals surface area contributed by atoms with Gasteiger partial charge in [0.2, 0.25) is 0 Å². The highest BCUT2D eigenvalue weighted by Crippen LogP contribution is 2.26. The number of ether oxygens (including phenoxy) is 1. The Morgan fingerprint density at radius 1 is 1.47 bits per heavy atom. The first-order chi connectivity index (χ1) is 8.17. The molecule has 1 aromatic carbocycles. The van der Waals surface area contributed by atoms with E-state index in [1.54, 1.807) is 19.2 Å². The summed E-state index contributed by atoms with van der Waals surface area (Å²) < 4.78 is 10.6. The van der Waals surface area contributed by atoms with Crippen LogP contribution in [0.1, 0.15) is 5.56 Å². The van der Waals surface area contributed by atoms with Crippen LogP contribution in [0.4, 0.5) is 0 Å². The minimum atomic E-state index is -0.450. The van der Waals surface area contributed by atoms with E-state index in [4.69, 9.17) is 14.3 Å². The van der Waals surface area contributed by atoms with Crippen molar-refractivity contribution >= 4 is 26.9 Å². The number of benzene rings is 1. The second-order valence-corrected chi connectivity index (χ2v) is 4.31. The molecule has 1 heterocycles. The smallest absolute Gasteiger partial charge is 0.350 e. The highest BCUT2D eigenvalue weighted by molar-refractivity contribution is 9.10. The van der Waals surface area contributed by atoms with Crippen LogP contribution < -0.4 is 10.4 Å². The third kappa shape index (κ3) is 2.21. The molecular weight excluding hydrogens is 288 g/mol. The van der Waals surface area contributed by atoms with Crippen LogP contribution in [0.3, 0.4) is 0 Å². The Bertz CT molecular complexity index is 603. The Kier molecular flexibility index (Phi) is 3.49. The number of rotatable bonds is 3. The SMILES string of the molecule is COc1ccc2c(CCO)c(Br)c(=O)oc2c1. The van der Waals surface area contributed by atoms with E-state index in [1.807, 2.05) is 6.07 Å². The summed E-state index contributed by atoms with van der Waals surface area (Å²) in [6, 6.07) is 5.26. The van der Waals surface area contributed by atoms with Crippen molar-refractivity contribution in [2.45, 2.75) is 6.42 Å². The Balaban J connectivity index is 2.76. The van der Waals surface area contributed by atoms with Gasteiger partial charge in [-0.3, -0.25) is 0 Å². The molecule has 0 fully saturated rings. The van der Waals surface area contributed by atoms with Gasteiger partial charge in [-0.05, 0) is 40.0 Å². The largest absolute Gasteiger partial charge is 0.497 e. The first kappa shape index (κ1) is 12.1. The van der Waals surface area contributed by atoms with E-state index in [2.05, 4.69) is 15.9 Å². The molecule has 2 rings (SSSR count). The third-order valence-corrected chi connectivity index (χ3v) is 3.32. The van der Waals surface area contributed by atoms with Gasteiger partial charge in [0, 0.05) is 18.1 Å². The number of hydrogen-bond acceptors (Lipinski definition) is 4. The lowest BCUT2D eigenvalue weighted by atomic mass is 10.1. The number of aliphatic hydroxyl groups excluding tert-OH is 1. The van der Waals surface area contributed by atoms with Gasteiger partial charge in [0.1, 0.15) is 15.8 Å². The fraction of sp³-hybridized carbons (Fsp3) is 0.250. The topological polar surface area (TPSA) is 59.7 Å². The molecule has 0 aliphatic rings. The summed E-state index contributed by atoms with van der Waals surface area (Å²) in [6.07, 6.45) is 0.398. The maximum atomic E-state index is 11.6. The van der Waals surface area contributed by atoms with Crippen LogP contribution in [0.15, 0.2) is 31.9 Å².